The molecular weight excluding hydrogens is 829 g/mol. The van der Waals surface area contributed by atoms with Crippen LogP contribution in [0, 0.1) is 0 Å². The lowest BCUT2D eigenvalue weighted by molar-refractivity contribution is 0.951. The largest absolute Gasteiger partial charge is 0.310 e. The molecule has 12 aromatic carbocycles. The van der Waals surface area contributed by atoms with Crippen LogP contribution in [0.5, 0.6) is 0 Å². The molecule has 1 radical (unpaired) electrons. The second kappa shape index (κ2) is 15.4. The molecule has 0 unspecified atom stereocenters. The number of hydrogen-bond acceptors (Lipinski definition) is 2. The fourth-order valence-corrected chi connectivity index (χ4v) is 9.95. The van der Waals surface area contributed by atoms with Crippen molar-refractivity contribution in [1.82, 2.24) is 4.90 Å². The molecule has 0 aromatic heterocycles. The van der Waals surface area contributed by atoms with E-state index in [-0.39, 0.29) is 0 Å². The molecule has 0 aliphatic carbocycles. The van der Waals surface area contributed by atoms with Crippen LogP contribution < -0.4 is 9.80 Å². The first-order valence-corrected chi connectivity index (χ1v) is 22.2. The molecule has 0 atom stereocenters. The Balaban J connectivity index is 0.994. The molecule has 0 spiro atoms. The van der Waals surface area contributed by atoms with Gasteiger partial charge in [0.25, 0.3) is 0 Å². The minimum Gasteiger partial charge on any atom is -0.310 e. The summed E-state index contributed by atoms with van der Waals surface area (Å²) in [6.45, 7) is 0. The third kappa shape index (κ3) is 6.44. The second-order valence-electron chi connectivity index (χ2n) is 16.2. The zero-order chi connectivity index (χ0) is 41.9. The molecule has 0 saturated heterocycles. The lowest BCUT2D eigenvalue weighted by atomic mass is 9.96. The van der Waals surface area contributed by atoms with Crippen molar-refractivity contribution in [3.05, 3.63) is 241 Å². The molecular formula is C60H39BrN2+. The van der Waals surface area contributed by atoms with Gasteiger partial charge in [-0.1, -0.05) is 166 Å². The Bertz CT molecular complexity index is 3570. The zero-order valence-corrected chi connectivity index (χ0v) is 35.9. The number of hydrogen-bond donors (Lipinski definition) is 0. The van der Waals surface area contributed by atoms with Crippen molar-refractivity contribution in [1.29, 1.82) is 0 Å². The predicted octanol–water partition coefficient (Wildman–Crippen LogP) is 17.9. The molecule has 63 heavy (non-hydrogen) atoms. The van der Waals surface area contributed by atoms with E-state index < -0.39 is 0 Å². The summed E-state index contributed by atoms with van der Waals surface area (Å²) in [7, 11) is 0. The van der Waals surface area contributed by atoms with Gasteiger partial charge < -0.3 is 4.90 Å². The third-order valence-electron chi connectivity index (χ3n) is 12.6. The van der Waals surface area contributed by atoms with Crippen LogP contribution in [0.15, 0.2) is 241 Å². The molecule has 0 saturated carbocycles. The molecule has 12 aromatic rings. The van der Waals surface area contributed by atoms with Gasteiger partial charge in [0.05, 0.1) is 5.69 Å². The van der Waals surface area contributed by atoms with E-state index in [9.17, 15) is 0 Å². The van der Waals surface area contributed by atoms with Gasteiger partial charge in [0.1, 0.15) is 0 Å². The summed E-state index contributed by atoms with van der Waals surface area (Å²) in [6, 6.07) is 86.4. The fourth-order valence-electron chi connectivity index (χ4n) is 9.69. The number of fused-ring (bicyclic) bond motifs is 9. The van der Waals surface area contributed by atoms with Gasteiger partial charge in [-0.25, -0.2) is 0 Å². The van der Waals surface area contributed by atoms with Crippen molar-refractivity contribution >= 4 is 115 Å². The van der Waals surface area contributed by atoms with Gasteiger partial charge in [-0.05, 0) is 126 Å². The van der Waals surface area contributed by atoms with E-state index in [1.807, 2.05) is 0 Å². The zero-order valence-electron chi connectivity index (χ0n) is 34.3. The van der Waals surface area contributed by atoms with Gasteiger partial charge in [-0.15, -0.1) is 0 Å². The number of rotatable bonds is 7. The molecule has 3 heteroatoms. The monoisotopic (exact) mass is 866 g/mol. The fraction of sp³-hybridized carbons (Fsp3) is 0. The van der Waals surface area contributed by atoms with E-state index in [1.165, 1.54) is 64.6 Å². The highest BCUT2D eigenvalue weighted by Gasteiger charge is 2.31. The van der Waals surface area contributed by atoms with E-state index in [4.69, 9.17) is 0 Å². The van der Waals surface area contributed by atoms with Gasteiger partial charge in [0, 0.05) is 56.3 Å². The second-order valence-corrected chi connectivity index (χ2v) is 17.1. The van der Waals surface area contributed by atoms with Crippen LogP contribution in [0.3, 0.4) is 0 Å². The van der Waals surface area contributed by atoms with Crippen molar-refractivity contribution in [2.45, 2.75) is 0 Å². The quantitative estimate of drug-likeness (QED) is 0.115. The molecule has 0 heterocycles. The van der Waals surface area contributed by atoms with Crippen LogP contribution in [0.25, 0.3) is 75.8 Å². The predicted molar refractivity (Wildman–Crippen MR) is 273 cm³/mol. The van der Waals surface area contributed by atoms with Crippen molar-refractivity contribution in [2.75, 3.05) is 4.90 Å². The molecule has 0 bridgehead atoms. The number of halogens is 1. The summed E-state index contributed by atoms with van der Waals surface area (Å²) in [5.41, 5.74) is 9.04. The Kier molecular flexibility index (Phi) is 9.11. The first kappa shape index (κ1) is 37.2. The molecule has 0 amide bonds. The summed E-state index contributed by atoms with van der Waals surface area (Å²) >= 11 is 3.67. The normalized spacial score (nSPS) is 11.7. The van der Waals surface area contributed by atoms with Crippen molar-refractivity contribution in [3.8, 4) is 11.1 Å². The number of nitrogens with zero attached hydrogens (tertiary/aromatic N) is 2. The molecule has 0 fully saturated rings. The maximum atomic E-state index is 3.67. The first-order valence-electron chi connectivity index (χ1n) is 21.4. The van der Waals surface area contributed by atoms with Gasteiger partial charge in [-0.2, -0.15) is 0 Å². The molecule has 0 aliphatic rings. The molecule has 295 valence electrons. The van der Waals surface area contributed by atoms with Gasteiger partial charge >= 0.3 is 0 Å². The molecule has 12 rings (SSSR count). The summed E-state index contributed by atoms with van der Waals surface area (Å²) < 4.78 is 1.05. The number of benzene rings is 12. The van der Waals surface area contributed by atoms with Crippen LogP contribution in [0.1, 0.15) is 0 Å². The maximum absolute atomic E-state index is 3.67. The average molecular weight is 868 g/mol. The lowest BCUT2D eigenvalue weighted by Gasteiger charge is -2.28. The highest BCUT2D eigenvalue weighted by molar-refractivity contribution is 9.10. The van der Waals surface area contributed by atoms with Gasteiger partial charge in [-0.3, -0.25) is 0 Å². The highest BCUT2D eigenvalue weighted by Crippen LogP contribution is 2.47. The van der Waals surface area contributed by atoms with Crippen LogP contribution in [0.4, 0.5) is 34.1 Å². The Labute approximate surface area is 374 Å². The van der Waals surface area contributed by atoms with E-state index >= 15 is 0 Å². The average Bonchev–Trinajstić information content (AvgIpc) is 3.35. The smallest absolute Gasteiger partial charge is 0.200 e. The maximum Gasteiger partial charge on any atom is 0.200 e. The Morgan fingerprint density at radius 3 is 1.13 bits per heavy atom. The summed E-state index contributed by atoms with van der Waals surface area (Å²) in [5, 5.41) is 14.8. The number of anilines is 6. The summed E-state index contributed by atoms with van der Waals surface area (Å²) in [6.07, 6.45) is 0. The van der Waals surface area contributed by atoms with Crippen LogP contribution >= 0.6 is 15.9 Å². The minimum absolute atomic E-state index is 1.05. The van der Waals surface area contributed by atoms with Crippen LogP contribution in [0.2, 0.25) is 0 Å². The van der Waals surface area contributed by atoms with Crippen LogP contribution in [-0.4, -0.2) is 0 Å². The SMILES string of the molecule is Brc1ccc(N(c2ccc(-c3ccc([N+](c4cc5ccccc5c5ccccc45)c4cc5ccccc5c5ccccc45)cc3)cc2)c2cc3ccccc3c3ccccc23)cc1. The lowest BCUT2D eigenvalue weighted by Crippen LogP contribution is -2.13. The first-order chi connectivity index (χ1) is 31.2. The summed E-state index contributed by atoms with van der Waals surface area (Å²) in [4.78, 5) is 4.86. The van der Waals surface area contributed by atoms with Crippen molar-refractivity contribution in [3.63, 3.8) is 0 Å². The van der Waals surface area contributed by atoms with Crippen LogP contribution in [-0.2, 0) is 0 Å². The van der Waals surface area contributed by atoms with Gasteiger partial charge in [0.2, 0.25) is 11.4 Å². The van der Waals surface area contributed by atoms with Crippen molar-refractivity contribution in [2.24, 2.45) is 0 Å². The van der Waals surface area contributed by atoms with Crippen molar-refractivity contribution < 1.29 is 0 Å². The van der Waals surface area contributed by atoms with E-state index in [1.54, 1.807) is 0 Å². The van der Waals surface area contributed by atoms with Gasteiger partial charge in [0.15, 0.2) is 5.69 Å². The van der Waals surface area contributed by atoms with E-state index in [0.29, 0.717) is 0 Å². The Morgan fingerprint density at radius 1 is 0.302 bits per heavy atom. The Morgan fingerprint density at radius 2 is 0.651 bits per heavy atom. The molecule has 0 N–H and O–H groups in total. The topological polar surface area (TPSA) is 9.14 Å². The molecule has 2 nitrogen and oxygen atoms in total. The minimum atomic E-state index is 1.05. The van der Waals surface area contributed by atoms with E-state index in [2.05, 4.69) is 262 Å². The van der Waals surface area contributed by atoms with E-state index in [0.717, 1.165) is 49.7 Å². The highest BCUT2D eigenvalue weighted by atomic mass is 79.9. The Hall–Kier alpha value is -7.56. The third-order valence-corrected chi connectivity index (χ3v) is 13.2. The molecule has 0 aliphatic heterocycles. The standard InChI is InChI=1S/C60H39BrN2/c61-45-29-35-47(36-30-45)62(58-37-42-13-1-4-16-49(42)52-19-7-10-22-55(52)58)46-31-25-40(26-32-46)41-27-33-48(34-28-41)63(59-38-43-14-2-5-17-50(43)53-20-8-11-23-56(53)59)60-39-44-15-3-6-18-51(44)54-21-9-12-24-57(54)60/h1-39H/q+1. The summed E-state index contributed by atoms with van der Waals surface area (Å²) in [5.74, 6) is 0.